The van der Waals surface area contributed by atoms with Gasteiger partial charge in [-0.05, 0) is 33.6 Å². The molecule has 0 spiro atoms. The molecule has 0 aliphatic heterocycles. The Morgan fingerprint density at radius 3 is 2.48 bits per heavy atom. The maximum absolute atomic E-state index is 12.4. The van der Waals surface area contributed by atoms with Crippen LogP contribution in [0.3, 0.4) is 0 Å². The third-order valence-electron chi connectivity index (χ3n) is 3.50. The molecule has 0 saturated carbocycles. The predicted octanol–water partition coefficient (Wildman–Crippen LogP) is 1.87. The standard InChI is InChI=1S/C17H26O6/c1-16(2,3)23-14(18)13(12-22-10-9-21-4)11-17(15(19)20)7-5-6-8-17/h13H,5,7,9-12H2,1-4H3,(H,19,20). The Morgan fingerprint density at radius 2 is 2.00 bits per heavy atom. The summed E-state index contributed by atoms with van der Waals surface area (Å²) in [4.78, 5) is 24.0. The first kappa shape index (κ1) is 19.5. The average molecular weight is 326 g/mol. The highest BCUT2D eigenvalue weighted by Crippen LogP contribution is 2.35. The van der Waals surface area contributed by atoms with Crippen LogP contribution in [-0.2, 0) is 23.8 Å². The summed E-state index contributed by atoms with van der Waals surface area (Å²) in [6.45, 7) is 6.16. The number of esters is 1. The molecular formula is C17H26O6. The minimum absolute atomic E-state index is 0.0922. The van der Waals surface area contributed by atoms with Gasteiger partial charge in [0.05, 0.1) is 25.7 Å². The molecule has 0 aromatic carbocycles. The Kier molecular flexibility index (Phi) is 7.04. The van der Waals surface area contributed by atoms with Gasteiger partial charge in [0.25, 0.3) is 0 Å². The molecule has 0 saturated heterocycles. The zero-order valence-corrected chi connectivity index (χ0v) is 14.3. The number of carboxylic acids is 1. The average Bonchev–Trinajstić information content (AvgIpc) is 2.90. The topological polar surface area (TPSA) is 82.1 Å². The largest absolute Gasteiger partial charge is 0.480 e. The van der Waals surface area contributed by atoms with Crippen molar-refractivity contribution in [1.82, 2.24) is 0 Å². The fraction of sp³-hybridized carbons (Fsp3) is 0.765. The summed E-state index contributed by atoms with van der Waals surface area (Å²) in [6, 6.07) is 0. The number of ether oxygens (including phenoxy) is 3. The summed E-state index contributed by atoms with van der Waals surface area (Å²) in [5.41, 5.74) is -1.83. The second-order valence-electron chi connectivity index (χ2n) is 6.69. The molecule has 1 N–H and O–H groups in total. The zero-order chi connectivity index (χ0) is 17.5. The molecule has 0 amide bonds. The number of rotatable bonds is 9. The summed E-state index contributed by atoms with van der Waals surface area (Å²) < 4.78 is 15.7. The van der Waals surface area contributed by atoms with Crippen LogP contribution in [0.1, 0.15) is 40.0 Å². The quantitative estimate of drug-likeness (QED) is 0.396. The fourth-order valence-corrected chi connectivity index (χ4v) is 2.35. The molecule has 0 aromatic rings. The summed E-state index contributed by atoms with van der Waals surface area (Å²) in [7, 11) is 1.56. The van der Waals surface area contributed by atoms with Gasteiger partial charge in [0.2, 0.25) is 0 Å². The minimum atomic E-state index is -1.19. The van der Waals surface area contributed by atoms with Crippen LogP contribution in [0.4, 0.5) is 0 Å². The van der Waals surface area contributed by atoms with E-state index >= 15 is 0 Å². The van der Waals surface area contributed by atoms with Crippen molar-refractivity contribution in [3.8, 4) is 11.8 Å². The molecule has 0 radical (unpaired) electrons. The Morgan fingerprint density at radius 1 is 1.30 bits per heavy atom. The van der Waals surface area contributed by atoms with E-state index in [4.69, 9.17) is 14.2 Å². The van der Waals surface area contributed by atoms with Gasteiger partial charge in [-0.3, -0.25) is 9.59 Å². The normalized spacial score (nSPS) is 21.4. The van der Waals surface area contributed by atoms with E-state index in [1.807, 2.05) is 0 Å². The fourth-order valence-electron chi connectivity index (χ4n) is 2.35. The predicted molar refractivity (Wildman–Crippen MR) is 83.7 cm³/mol. The Labute approximate surface area is 137 Å². The highest BCUT2D eigenvalue weighted by atomic mass is 16.6. The molecule has 2 atom stereocenters. The van der Waals surface area contributed by atoms with Crippen LogP contribution < -0.4 is 0 Å². The number of carbonyl (C=O) groups excluding carboxylic acids is 1. The number of carboxylic acid groups (broad SMARTS) is 1. The summed E-state index contributed by atoms with van der Waals surface area (Å²) in [6.07, 6.45) is 1.01. The van der Waals surface area contributed by atoms with Crippen molar-refractivity contribution in [2.45, 2.75) is 45.6 Å². The van der Waals surface area contributed by atoms with Crippen molar-refractivity contribution in [3.63, 3.8) is 0 Å². The highest BCUT2D eigenvalue weighted by molar-refractivity contribution is 5.81. The Balaban J connectivity index is 2.80. The number of hydrogen-bond acceptors (Lipinski definition) is 5. The molecule has 0 aromatic heterocycles. The molecule has 0 fully saturated rings. The highest BCUT2D eigenvalue weighted by Gasteiger charge is 2.43. The summed E-state index contributed by atoms with van der Waals surface area (Å²) in [5, 5.41) is 9.52. The molecule has 2 unspecified atom stereocenters. The van der Waals surface area contributed by atoms with E-state index in [0.29, 0.717) is 26.1 Å². The third kappa shape index (κ3) is 6.20. The van der Waals surface area contributed by atoms with Crippen LogP contribution in [0.5, 0.6) is 0 Å². The molecule has 6 heteroatoms. The van der Waals surface area contributed by atoms with Crippen molar-refractivity contribution in [3.05, 3.63) is 0 Å². The lowest BCUT2D eigenvalue weighted by Gasteiger charge is -2.28. The second-order valence-corrected chi connectivity index (χ2v) is 6.69. The minimum Gasteiger partial charge on any atom is -0.480 e. The first-order chi connectivity index (χ1) is 10.7. The van der Waals surface area contributed by atoms with Crippen LogP contribution >= 0.6 is 0 Å². The van der Waals surface area contributed by atoms with Crippen LogP contribution in [0.25, 0.3) is 0 Å². The van der Waals surface area contributed by atoms with Crippen molar-refractivity contribution in [2.75, 3.05) is 26.9 Å². The van der Waals surface area contributed by atoms with Crippen LogP contribution in [-0.4, -0.2) is 49.6 Å². The zero-order valence-electron chi connectivity index (χ0n) is 14.3. The number of carbonyl (C=O) groups is 2. The smallest absolute Gasteiger partial charge is 0.321 e. The van der Waals surface area contributed by atoms with Gasteiger partial charge in [-0.1, -0.05) is 5.92 Å². The second kappa shape index (κ2) is 8.32. The molecular weight excluding hydrogens is 300 g/mol. The third-order valence-corrected chi connectivity index (χ3v) is 3.50. The van der Waals surface area contributed by atoms with E-state index in [1.54, 1.807) is 27.9 Å². The van der Waals surface area contributed by atoms with E-state index < -0.39 is 28.9 Å². The molecule has 1 rings (SSSR count). The first-order valence-electron chi connectivity index (χ1n) is 7.73. The van der Waals surface area contributed by atoms with Gasteiger partial charge in [-0.15, -0.1) is 5.92 Å². The van der Waals surface area contributed by atoms with Gasteiger partial charge >= 0.3 is 11.9 Å². The molecule has 6 nitrogen and oxygen atoms in total. The maximum atomic E-state index is 12.4. The molecule has 23 heavy (non-hydrogen) atoms. The monoisotopic (exact) mass is 326 g/mol. The van der Waals surface area contributed by atoms with Crippen molar-refractivity contribution in [2.24, 2.45) is 11.3 Å². The lowest BCUT2D eigenvalue weighted by atomic mass is 9.79. The molecule has 0 heterocycles. The van der Waals surface area contributed by atoms with E-state index in [2.05, 4.69) is 11.8 Å². The molecule has 1 aliphatic rings. The summed E-state index contributed by atoms with van der Waals surface area (Å²) >= 11 is 0. The van der Waals surface area contributed by atoms with Gasteiger partial charge in [0, 0.05) is 13.5 Å². The first-order valence-corrected chi connectivity index (χ1v) is 7.73. The van der Waals surface area contributed by atoms with Crippen LogP contribution in [0.2, 0.25) is 0 Å². The van der Waals surface area contributed by atoms with Crippen molar-refractivity contribution >= 4 is 11.9 Å². The number of methoxy groups -OCH3 is 1. The maximum Gasteiger partial charge on any atom is 0.321 e. The van der Waals surface area contributed by atoms with Gasteiger partial charge in [-0.25, -0.2) is 0 Å². The number of aliphatic carboxylic acids is 1. The Hall–Kier alpha value is -1.58. The summed E-state index contributed by atoms with van der Waals surface area (Å²) in [5.74, 6) is 3.48. The van der Waals surface area contributed by atoms with E-state index in [-0.39, 0.29) is 13.0 Å². The van der Waals surface area contributed by atoms with Gasteiger partial charge in [0.1, 0.15) is 11.0 Å². The lowest BCUT2D eigenvalue weighted by Crippen LogP contribution is -2.37. The molecule has 1 aliphatic carbocycles. The Bertz CT molecular complexity index is 482. The van der Waals surface area contributed by atoms with Gasteiger partial charge < -0.3 is 19.3 Å². The van der Waals surface area contributed by atoms with Crippen molar-refractivity contribution in [1.29, 1.82) is 0 Å². The van der Waals surface area contributed by atoms with Gasteiger partial charge in [-0.2, -0.15) is 0 Å². The number of hydrogen-bond donors (Lipinski definition) is 1. The SMILES string of the molecule is COCCOCC(CC1(C(=O)O)C#CCC1)C(=O)OC(C)(C)C. The van der Waals surface area contributed by atoms with Gasteiger partial charge in [0.15, 0.2) is 0 Å². The van der Waals surface area contributed by atoms with E-state index in [0.717, 1.165) is 0 Å². The molecule has 130 valence electrons. The van der Waals surface area contributed by atoms with E-state index in [9.17, 15) is 14.7 Å². The van der Waals surface area contributed by atoms with Crippen LogP contribution in [0, 0.1) is 23.2 Å². The van der Waals surface area contributed by atoms with E-state index in [1.165, 1.54) is 0 Å². The molecule has 0 bridgehead atoms. The van der Waals surface area contributed by atoms with Crippen LogP contribution in [0.15, 0.2) is 0 Å². The lowest BCUT2D eigenvalue weighted by molar-refractivity contribution is -0.164. The van der Waals surface area contributed by atoms with Crippen molar-refractivity contribution < 1.29 is 28.9 Å².